The number of carboxylic acids is 3. The van der Waals surface area contributed by atoms with E-state index in [4.69, 9.17) is 4.74 Å². The van der Waals surface area contributed by atoms with E-state index in [0.717, 1.165) is 119 Å². The predicted molar refractivity (Wildman–Crippen MR) is 226 cm³/mol. The molecule has 12 nitrogen and oxygen atoms in total. The van der Waals surface area contributed by atoms with Crippen LogP contribution in [0.1, 0.15) is 52.6 Å². The van der Waals surface area contributed by atoms with Crippen molar-refractivity contribution in [2.24, 2.45) is 35.5 Å². The van der Waals surface area contributed by atoms with E-state index in [-0.39, 0.29) is 23.8 Å². The number of nitrogens with zero attached hydrogens (tertiary/aromatic N) is 2. The van der Waals surface area contributed by atoms with Crippen LogP contribution < -0.4 is 16.0 Å². The lowest BCUT2D eigenvalue weighted by molar-refractivity contribution is -0.144. The number of carboxylic acid groups (broad SMARTS) is 3. The standard InChI is InChI=1S/C47H63N5O7/c53-45(54)42(38-10-13-48-24-38)21-32-4-1-7-35(18-32)27-51-16-17-52(28-36-8-2-5-33(19-36)22-43(46(55)56)39-11-14-49-25-39)41(29-51)31-59-30-37-9-3-6-34(20-37)23-44(47(57)58)40-12-15-50-26-40/h1-9,18-20,38-44,48-50H,10-17,21-31H2,(H,53,54)(H,55,56)(H,57,58)/t38-,39-,40-,41-,42-,43-,44-/m0/s1. The average molecular weight is 810 g/mol. The Morgan fingerprint density at radius 2 is 1.02 bits per heavy atom. The van der Waals surface area contributed by atoms with Gasteiger partial charge in [0.2, 0.25) is 0 Å². The van der Waals surface area contributed by atoms with Crippen molar-refractivity contribution in [3.63, 3.8) is 0 Å². The molecule has 6 N–H and O–H groups in total. The van der Waals surface area contributed by atoms with E-state index in [1.165, 1.54) is 5.56 Å². The Bertz CT molecular complexity index is 1860. The molecule has 4 fully saturated rings. The van der Waals surface area contributed by atoms with Gasteiger partial charge in [-0.05, 0) is 129 Å². The van der Waals surface area contributed by atoms with Crippen molar-refractivity contribution in [1.29, 1.82) is 0 Å². The molecule has 0 amide bonds. The van der Waals surface area contributed by atoms with E-state index in [1.54, 1.807) is 0 Å². The third-order valence-corrected chi connectivity index (χ3v) is 13.4. The van der Waals surface area contributed by atoms with Gasteiger partial charge in [0.25, 0.3) is 0 Å². The smallest absolute Gasteiger partial charge is 0.307 e. The zero-order valence-electron chi connectivity index (χ0n) is 34.3. The number of rotatable bonds is 20. The van der Waals surface area contributed by atoms with Crippen molar-refractivity contribution >= 4 is 17.9 Å². The summed E-state index contributed by atoms with van der Waals surface area (Å²) >= 11 is 0. The summed E-state index contributed by atoms with van der Waals surface area (Å²) in [5.74, 6) is -3.00. The summed E-state index contributed by atoms with van der Waals surface area (Å²) in [6, 6.07) is 25.1. The summed E-state index contributed by atoms with van der Waals surface area (Å²) in [7, 11) is 0. The van der Waals surface area contributed by atoms with E-state index < -0.39 is 35.7 Å². The summed E-state index contributed by atoms with van der Waals surface area (Å²) in [6.07, 6.45) is 4.21. The van der Waals surface area contributed by atoms with Gasteiger partial charge in [0, 0.05) is 38.8 Å². The van der Waals surface area contributed by atoms with Crippen LogP contribution in [0.3, 0.4) is 0 Å². The molecule has 0 saturated carbocycles. The van der Waals surface area contributed by atoms with Crippen LogP contribution in [0.15, 0.2) is 72.8 Å². The monoisotopic (exact) mass is 809 g/mol. The molecule has 0 radical (unpaired) electrons. The van der Waals surface area contributed by atoms with Crippen LogP contribution in [0.25, 0.3) is 0 Å². The molecule has 59 heavy (non-hydrogen) atoms. The van der Waals surface area contributed by atoms with E-state index in [1.807, 2.05) is 18.2 Å². The molecule has 7 atom stereocenters. The molecule has 4 aliphatic rings. The Morgan fingerprint density at radius 3 is 1.46 bits per heavy atom. The van der Waals surface area contributed by atoms with Crippen LogP contribution in [0.2, 0.25) is 0 Å². The average Bonchev–Trinajstić information content (AvgIpc) is 4.05. The minimum Gasteiger partial charge on any atom is -0.481 e. The first kappa shape index (κ1) is 42.9. The van der Waals surface area contributed by atoms with Crippen molar-refractivity contribution in [3.8, 4) is 0 Å². The maximum absolute atomic E-state index is 12.3. The molecule has 318 valence electrons. The normalized spacial score (nSPS) is 24.2. The molecule has 7 rings (SSSR count). The molecule has 0 aliphatic carbocycles. The number of hydrogen-bond donors (Lipinski definition) is 6. The molecule has 0 unspecified atom stereocenters. The predicted octanol–water partition coefficient (Wildman–Crippen LogP) is 4.15. The fourth-order valence-electron chi connectivity index (χ4n) is 10.0. The number of piperazine rings is 1. The Kier molecular flexibility index (Phi) is 15.2. The van der Waals surface area contributed by atoms with Crippen LogP contribution >= 0.6 is 0 Å². The highest BCUT2D eigenvalue weighted by Gasteiger charge is 2.33. The largest absolute Gasteiger partial charge is 0.481 e. The Hall–Kier alpha value is -4.17. The molecular formula is C47H63N5O7. The summed E-state index contributed by atoms with van der Waals surface area (Å²) in [5, 5.41) is 40.1. The maximum Gasteiger partial charge on any atom is 0.307 e. The van der Waals surface area contributed by atoms with Gasteiger partial charge in [-0.15, -0.1) is 0 Å². The summed E-state index contributed by atoms with van der Waals surface area (Å²) in [5.41, 5.74) is 6.49. The van der Waals surface area contributed by atoms with Crippen LogP contribution in [-0.4, -0.2) is 115 Å². The van der Waals surface area contributed by atoms with Crippen molar-refractivity contribution < 1.29 is 34.4 Å². The first-order valence-corrected chi connectivity index (χ1v) is 21.8. The Morgan fingerprint density at radius 1 is 0.593 bits per heavy atom. The van der Waals surface area contributed by atoms with Crippen molar-refractivity contribution in [1.82, 2.24) is 25.8 Å². The minimum absolute atomic E-state index is 0.0904. The van der Waals surface area contributed by atoms with E-state index in [2.05, 4.69) is 80.3 Å². The molecule has 0 bridgehead atoms. The summed E-state index contributed by atoms with van der Waals surface area (Å²) in [4.78, 5) is 41.7. The molecule has 4 aliphatic heterocycles. The zero-order valence-corrected chi connectivity index (χ0v) is 34.3. The second-order valence-electron chi connectivity index (χ2n) is 17.5. The number of ether oxygens (including phenoxy) is 1. The first-order chi connectivity index (χ1) is 28.7. The van der Waals surface area contributed by atoms with Gasteiger partial charge in [-0.1, -0.05) is 72.8 Å². The number of hydrogen-bond acceptors (Lipinski definition) is 9. The lowest BCUT2D eigenvalue weighted by atomic mass is 9.86. The first-order valence-electron chi connectivity index (χ1n) is 21.8. The Balaban J connectivity index is 1.02. The van der Waals surface area contributed by atoms with Gasteiger partial charge in [-0.25, -0.2) is 0 Å². The number of benzene rings is 3. The lowest BCUT2D eigenvalue weighted by Crippen LogP contribution is -2.54. The van der Waals surface area contributed by atoms with Gasteiger partial charge in [0.15, 0.2) is 0 Å². The number of carbonyl (C=O) groups is 3. The fraction of sp³-hybridized carbons (Fsp3) is 0.553. The van der Waals surface area contributed by atoms with Gasteiger partial charge >= 0.3 is 17.9 Å². The maximum atomic E-state index is 12.3. The second-order valence-corrected chi connectivity index (χ2v) is 17.5. The van der Waals surface area contributed by atoms with Crippen LogP contribution in [0, 0.1) is 35.5 Å². The number of nitrogens with one attached hydrogen (secondary N) is 3. The van der Waals surface area contributed by atoms with Gasteiger partial charge in [-0.3, -0.25) is 24.2 Å². The van der Waals surface area contributed by atoms with Gasteiger partial charge in [0.1, 0.15) is 0 Å². The molecule has 3 aromatic rings. The van der Waals surface area contributed by atoms with E-state index in [9.17, 15) is 29.7 Å². The molecule has 3 aromatic carbocycles. The van der Waals surface area contributed by atoms with Gasteiger partial charge < -0.3 is 36.0 Å². The lowest BCUT2D eigenvalue weighted by Gasteiger charge is -2.41. The highest BCUT2D eigenvalue weighted by atomic mass is 16.5. The SMILES string of the molecule is O=C(O)[C@@H](Cc1cccc(COC[C@@H]2CN(Cc3cccc(C[C@H](C(=O)O)[C@H]4CCNC4)c3)CCN2Cc2cccc(C[C@H](C(=O)O)[C@H]3CCNC3)c2)c1)[C@H]1CCNC1. The van der Waals surface area contributed by atoms with E-state index in [0.29, 0.717) is 32.5 Å². The van der Waals surface area contributed by atoms with Crippen molar-refractivity contribution in [2.75, 3.05) is 65.5 Å². The van der Waals surface area contributed by atoms with E-state index >= 15 is 0 Å². The van der Waals surface area contributed by atoms with Gasteiger partial charge in [-0.2, -0.15) is 0 Å². The highest BCUT2D eigenvalue weighted by Crippen LogP contribution is 2.28. The quantitative estimate of drug-likeness (QED) is 0.0969. The molecule has 0 aromatic heterocycles. The molecule has 4 saturated heterocycles. The van der Waals surface area contributed by atoms with Crippen LogP contribution in [-0.2, 0) is 58.1 Å². The topological polar surface area (TPSA) is 164 Å². The summed E-state index contributed by atoms with van der Waals surface area (Å²) in [6.45, 7) is 9.77. The molecule has 12 heteroatoms. The summed E-state index contributed by atoms with van der Waals surface area (Å²) < 4.78 is 6.50. The van der Waals surface area contributed by atoms with Crippen LogP contribution in [0.5, 0.6) is 0 Å². The molecule has 4 heterocycles. The zero-order chi connectivity index (χ0) is 41.1. The third-order valence-electron chi connectivity index (χ3n) is 13.4. The Labute approximate surface area is 348 Å². The number of aliphatic carboxylic acids is 3. The fourth-order valence-corrected chi connectivity index (χ4v) is 10.0. The second kappa shape index (κ2) is 20.9. The molecule has 0 spiro atoms. The van der Waals surface area contributed by atoms with Crippen molar-refractivity contribution in [3.05, 3.63) is 106 Å². The minimum atomic E-state index is -0.738. The third kappa shape index (κ3) is 12.0. The van der Waals surface area contributed by atoms with Gasteiger partial charge in [0.05, 0.1) is 31.0 Å². The molecular weight excluding hydrogens is 747 g/mol. The van der Waals surface area contributed by atoms with Crippen LogP contribution in [0.4, 0.5) is 0 Å². The highest BCUT2D eigenvalue weighted by molar-refractivity contribution is 5.72. The van der Waals surface area contributed by atoms with Crippen molar-refractivity contribution in [2.45, 2.75) is 64.3 Å².